The van der Waals surface area contributed by atoms with Crippen molar-refractivity contribution in [3.8, 4) is 11.5 Å². The predicted octanol–water partition coefficient (Wildman–Crippen LogP) is 4.97. The first-order chi connectivity index (χ1) is 16.3. The summed E-state index contributed by atoms with van der Waals surface area (Å²) in [5.74, 6) is 0.925. The molecule has 9 nitrogen and oxygen atoms in total. The van der Waals surface area contributed by atoms with Crippen LogP contribution in [0.4, 0.5) is 20.2 Å². The molecule has 11 heteroatoms. The molecule has 4 aliphatic rings. The molecule has 0 unspecified atom stereocenters. The quantitative estimate of drug-likeness (QED) is 0.426. The van der Waals surface area contributed by atoms with E-state index in [0.29, 0.717) is 17.8 Å². The van der Waals surface area contributed by atoms with Crippen molar-refractivity contribution in [2.45, 2.75) is 57.6 Å². The van der Waals surface area contributed by atoms with Gasteiger partial charge >= 0.3 is 12.3 Å². The lowest BCUT2D eigenvalue weighted by Crippen LogP contribution is -2.52. The number of anilines is 1. The molecular weight excluding hydrogens is 450 g/mol. The standard InChI is InChI=1S/C23H26F2N4O5/c1-2-33-19-8-16(3-4-18(19)34-22(24)25)26-21(30)20-17(29(31)32)12-28(27-20)23-9-13-5-14(10-23)7-15(6-13)11-23/h3-4,8,12-15,22H,2,5-7,9-11H2,1H3,(H,26,30). The minimum absolute atomic E-state index is 0.0224. The van der Waals surface area contributed by atoms with E-state index in [1.54, 1.807) is 11.6 Å². The monoisotopic (exact) mass is 476 g/mol. The van der Waals surface area contributed by atoms with Crippen molar-refractivity contribution in [3.63, 3.8) is 0 Å². The number of nitrogens with zero attached hydrogens (tertiary/aromatic N) is 3. The smallest absolute Gasteiger partial charge is 0.387 e. The lowest BCUT2D eigenvalue weighted by atomic mass is 9.53. The van der Waals surface area contributed by atoms with Gasteiger partial charge in [-0.05, 0) is 75.3 Å². The summed E-state index contributed by atoms with van der Waals surface area (Å²) in [5.41, 5.74) is -0.676. The average Bonchev–Trinajstić information content (AvgIpc) is 3.22. The fraction of sp³-hybridized carbons (Fsp3) is 0.565. The van der Waals surface area contributed by atoms with E-state index in [2.05, 4.69) is 15.2 Å². The van der Waals surface area contributed by atoms with Crippen LogP contribution in [0.15, 0.2) is 24.4 Å². The Kier molecular flexibility index (Phi) is 5.65. The molecule has 1 amide bonds. The van der Waals surface area contributed by atoms with Crippen molar-refractivity contribution >= 4 is 17.3 Å². The zero-order valence-corrected chi connectivity index (χ0v) is 18.7. The maximum atomic E-state index is 13.0. The van der Waals surface area contributed by atoms with Crippen LogP contribution < -0.4 is 14.8 Å². The van der Waals surface area contributed by atoms with Crippen LogP contribution >= 0.6 is 0 Å². The molecule has 2 aromatic rings. The van der Waals surface area contributed by atoms with Crippen molar-refractivity contribution in [3.05, 3.63) is 40.2 Å². The third-order valence-corrected chi connectivity index (χ3v) is 7.32. The number of amides is 1. The third-order valence-electron chi connectivity index (χ3n) is 7.32. The highest BCUT2D eigenvalue weighted by Gasteiger charge is 2.53. The average molecular weight is 476 g/mol. The number of halogens is 2. The number of benzene rings is 1. The van der Waals surface area contributed by atoms with Gasteiger partial charge in [0.2, 0.25) is 5.69 Å². The van der Waals surface area contributed by atoms with Crippen molar-refractivity contribution in [2.75, 3.05) is 11.9 Å². The summed E-state index contributed by atoms with van der Waals surface area (Å²) in [6, 6.07) is 3.94. The van der Waals surface area contributed by atoms with E-state index in [4.69, 9.17) is 4.74 Å². The van der Waals surface area contributed by atoms with Gasteiger partial charge in [-0.1, -0.05) is 0 Å². The summed E-state index contributed by atoms with van der Waals surface area (Å²) in [6.07, 6.45) is 7.83. The summed E-state index contributed by atoms with van der Waals surface area (Å²) < 4.78 is 36.7. The first-order valence-corrected chi connectivity index (χ1v) is 11.5. The van der Waals surface area contributed by atoms with Gasteiger partial charge in [-0.3, -0.25) is 19.6 Å². The number of carbonyl (C=O) groups is 1. The Hall–Kier alpha value is -3.24. The van der Waals surface area contributed by atoms with Gasteiger partial charge in [0.25, 0.3) is 5.91 Å². The molecule has 0 radical (unpaired) electrons. The number of alkyl halides is 2. The molecule has 6 rings (SSSR count). The van der Waals surface area contributed by atoms with E-state index in [-0.39, 0.29) is 40.7 Å². The lowest BCUT2D eigenvalue weighted by Gasteiger charge is -2.56. The van der Waals surface area contributed by atoms with Crippen LogP contribution in [-0.2, 0) is 5.54 Å². The fourth-order valence-corrected chi connectivity index (χ4v) is 6.49. The Bertz CT molecular complexity index is 1080. The summed E-state index contributed by atoms with van der Waals surface area (Å²) in [4.78, 5) is 24.2. The second-order valence-electron chi connectivity index (χ2n) is 9.63. The predicted molar refractivity (Wildman–Crippen MR) is 117 cm³/mol. The molecule has 1 heterocycles. The van der Waals surface area contributed by atoms with Crippen LogP contribution in [0.5, 0.6) is 11.5 Å². The molecule has 4 aliphatic carbocycles. The van der Waals surface area contributed by atoms with E-state index >= 15 is 0 Å². The van der Waals surface area contributed by atoms with Crippen molar-refractivity contribution in [1.29, 1.82) is 0 Å². The Balaban J connectivity index is 1.42. The van der Waals surface area contributed by atoms with Crippen LogP contribution in [0.3, 0.4) is 0 Å². The van der Waals surface area contributed by atoms with Crippen LogP contribution in [-0.4, -0.2) is 33.8 Å². The zero-order chi connectivity index (χ0) is 24.0. The van der Waals surface area contributed by atoms with Crippen LogP contribution in [0.2, 0.25) is 0 Å². The first kappa shape index (κ1) is 22.5. The minimum Gasteiger partial charge on any atom is -0.490 e. The van der Waals surface area contributed by atoms with Gasteiger partial charge in [-0.25, -0.2) is 0 Å². The number of hydrogen-bond donors (Lipinski definition) is 1. The van der Waals surface area contributed by atoms with E-state index in [1.807, 2.05) is 0 Å². The number of aromatic nitrogens is 2. The maximum Gasteiger partial charge on any atom is 0.387 e. The van der Waals surface area contributed by atoms with Gasteiger partial charge in [0.1, 0.15) is 6.20 Å². The molecule has 1 aromatic carbocycles. The first-order valence-electron chi connectivity index (χ1n) is 11.5. The van der Waals surface area contributed by atoms with Gasteiger partial charge in [-0.2, -0.15) is 13.9 Å². The Morgan fingerprint density at radius 3 is 2.44 bits per heavy atom. The Morgan fingerprint density at radius 2 is 1.88 bits per heavy atom. The molecule has 0 saturated heterocycles. The minimum atomic E-state index is -3.03. The normalized spacial score (nSPS) is 27.1. The molecule has 4 bridgehead atoms. The van der Waals surface area contributed by atoms with Crippen molar-refractivity contribution < 1.29 is 28.0 Å². The van der Waals surface area contributed by atoms with Gasteiger partial charge in [0, 0.05) is 11.8 Å². The number of rotatable bonds is 8. The molecule has 34 heavy (non-hydrogen) atoms. The SMILES string of the molecule is CCOc1cc(NC(=O)c2nn(C34CC5CC(CC(C5)C3)C4)cc2[N+](=O)[O-])ccc1OC(F)F. The molecule has 182 valence electrons. The Morgan fingerprint density at radius 1 is 1.24 bits per heavy atom. The molecule has 4 saturated carbocycles. The number of carbonyl (C=O) groups excluding carboxylic acids is 1. The highest BCUT2D eigenvalue weighted by molar-refractivity contribution is 6.05. The van der Waals surface area contributed by atoms with Gasteiger partial charge in [0.15, 0.2) is 11.5 Å². The van der Waals surface area contributed by atoms with Gasteiger partial charge < -0.3 is 14.8 Å². The van der Waals surface area contributed by atoms with Crippen LogP contribution in [0, 0.1) is 27.9 Å². The molecule has 1 aromatic heterocycles. The number of hydrogen-bond acceptors (Lipinski definition) is 6. The number of ether oxygens (including phenoxy) is 2. The molecule has 0 aliphatic heterocycles. The topological polar surface area (TPSA) is 109 Å². The maximum absolute atomic E-state index is 13.0. The van der Waals surface area contributed by atoms with Crippen LogP contribution in [0.25, 0.3) is 0 Å². The molecular formula is C23H26F2N4O5. The molecule has 4 fully saturated rings. The third kappa shape index (κ3) is 4.07. The summed E-state index contributed by atoms with van der Waals surface area (Å²) in [6.45, 7) is -1.16. The van der Waals surface area contributed by atoms with E-state index < -0.39 is 17.4 Å². The highest BCUT2D eigenvalue weighted by atomic mass is 19.3. The Labute approximate surface area is 194 Å². The number of nitrogens with one attached hydrogen (secondary N) is 1. The van der Waals surface area contributed by atoms with Crippen molar-refractivity contribution in [2.24, 2.45) is 17.8 Å². The van der Waals surface area contributed by atoms with Gasteiger partial charge in [-0.15, -0.1) is 0 Å². The molecule has 0 spiro atoms. The van der Waals surface area contributed by atoms with E-state index in [1.165, 1.54) is 43.7 Å². The summed E-state index contributed by atoms with van der Waals surface area (Å²) >= 11 is 0. The largest absolute Gasteiger partial charge is 0.490 e. The van der Waals surface area contributed by atoms with E-state index in [9.17, 15) is 23.7 Å². The molecule has 1 N–H and O–H groups in total. The summed E-state index contributed by atoms with van der Waals surface area (Å²) in [5, 5.41) is 18.8. The number of nitro groups is 1. The van der Waals surface area contributed by atoms with Crippen molar-refractivity contribution in [1.82, 2.24) is 9.78 Å². The fourth-order valence-electron chi connectivity index (χ4n) is 6.49. The summed E-state index contributed by atoms with van der Waals surface area (Å²) in [7, 11) is 0. The zero-order valence-electron chi connectivity index (χ0n) is 18.7. The van der Waals surface area contributed by atoms with E-state index in [0.717, 1.165) is 19.3 Å². The van der Waals surface area contributed by atoms with Gasteiger partial charge in [0.05, 0.1) is 17.1 Å². The highest BCUT2D eigenvalue weighted by Crippen LogP contribution is 2.58. The second kappa shape index (κ2) is 8.52. The molecule has 0 atom stereocenters. The van der Waals surface area contributed by atoms with Crippen LogP contribution in [0.1, 0.15) is 55.9 Å². The second-order valence-corrected chi connectivity index (χ2v) is 9.63. The lowest BCUT2D eigenvalue weighted by molar-refractivity contribution is -0.385.